The second kappa shape index (κ2) is 10.2. The van der Waals surface area contributed by atoms with Gasteiger partial charge >= 0.3 is 0 Å². The first-order valence-corrected chi connectivity index (χ1v) is 13.7. The molecule has 0 spiro atoms. The number of carbonyl (C=O) groups excluding carboxylic acids is 1. The lowest BCUT2D eigenvalue weighted by Crippen LogP contribution is -2.50. The molecule has 3 rings (SSSR count). The molecule has 0 bridgehead atoms. The van der Waals surface area contributed by atoms with E-state index in [1.165, 1.54) is 4.31 Å². The van der Waals surface area contributed by atoms with Crippen LogP contribution in [0.5, 0.6) is 0 Å². The van der Waals surface area contributed by atoms with Gasteiger partial charge in [0.15, 0.2) is 0 Å². The van der Waals surface area contributed by atoms with E-state index < -0.39 is 10.0 Å². The lowest BCUT2D eigenvalue weighted by molar-refractivity contribution is -0.132. The maximum atomic E-state index is 13.1. The van der Waals surface area contributed by atoms with E-state index >= 15 is 0 Å². The molecule has 7 nitrogen and oxygen atoms in total. The number of carbonyl (C=O) groups is 1. The molecule has 0 N–H and O–H groups in total. The third kappa shape index (κ3) is 5.89. The fourth-order valence-corrected chi connectivity index (χ4v) is 5.89. The molecule has 1 saturated heterocycles. The van der Waals surface area contributed by atoms with Crippen molar-refractivity contribution in [2.75, 3.05) is 26.2 Å². The average Bonchev–Trinajstić information content (AvgIpc) is 3.03. The van der Waals surface area contributed by atoms with Crippen LogP contribution in [-0.4, -0.2) is 59.5 Å². The van der Waals surface area contributed by atoms with Crippen molar-refractivity contribution in [3.63, 3.8) is 0 Å². The molecule has 188 valence electrons. The Morgan fingerprint density at radius 3 is 2.15 bits per heavy atom. The van der Waals surface area contributed by atoms with Crippen molar-refractivity contribution in [2.24, 2.45) is 5.92 Å². The van der Waals surface area contributed by atoms with E-state index in [0.717, 1.165) is 29.1 Å². The fourth-order valence-electron chi connectivity index (χ4n) is 4.46. The zero-order valence-electron chi connectivity index (χ0n) is 21.8. The first-order valence-electron chi connectivity index (χ1n) is 12.2. The standard InChI is InChI=1S/C26H40N4O3S/c1-19(2)18-30-21(4)24(20(3)27-30)12-13-25(31)28-14-16-29(17-15-28)34(32,33)23-10-8-22(9-11-23)26(5,6)7/h8-11,19H,12-18H2,1-7H3. The zero-order valence-corrected chi connectivity index (χ0v) is 22.6. The minimum absolute atomic E-state index is 0.0293. The summed E-state index contributed by atoms with van der Waals surface area (Å²) in [6, 6.07) is 7.16. The van der Waals surface area contributed by atoms with Gasteiger partial charge in [0.25, 0.3) is 0 Å². The molecule has 1 aromatic carbocycles. The number of hydrogen-bond acceptors (Lipinski definition) is 4. The smallest absolute Gasteiger partial charge is 0.243 e. The molecule has 34 heavy (non-hydrogen) atoms. The topological polar surface area (TPSA) is 75.5 Å². The molecule has 1 aromatic heterocycles. The quantitative estimate of drug-likeness (QED) is 0.592. The Morgan fingerprint density at radius 1 is 1.03 bits per heavy atom. The maximum absolute atomic E-state index is 13.1. The van der Waals surface area contributed by atoms with Crippen LogP contribution in [0.25, 0.3) is 0 Å². The fraction of sp³-hybridized carbons (Fsp3) is 0.615. The van der Waals surface area contributed by atoms with E-state index in [-0.39, 0.29) is 11.3 Å². The predicted octanol–water partition coefficient (Wildman–Crippen LogP) is 3.92. The van der Waals surface area contributed by atoms with Crippen molar-refractivity contribution in [3.05, 3.63) is 46.8 Å². The summed E-state index contributed by atoms with van der Waals surface area (Å²) in [5.74, 6) is 0.582. The van der Waals surface area contributed by atoms with Gasteiger partial charge in [0, 0.05) is 44.8 Å². The molecule has 1 fully saturated rings. The highest BCUT2D eigenvalue weighted by atomic mass is 32.2. The molecule has 0 saturated carbocycles. The van der Waals surface area contributed by atoms with Crippen LogP contribution in [-0.2, 0) is 33.2 Å². The van der Waals surface area contributed by atoms with Crippen LogP contribution in [0.2, 0.25) is 0 Å². The second-order valence-electron chi connectivity index (χ2n) is 10.8. The van der Waals surface area contributed by atoms with E-state index in [4.69, 9.17) is 0 Å². The van der Waals surface area contributed by atoms with Crippen LogP contribution >= 0.6 is 0 Å². The van der Waals surface area contributed by atoms with Crippen molar-refractivity contribution in [1.29, 1.82) is 0 Å². The summed E-state index contributed by atoms with van der Waals surface area (Å²) < 4.78 is 29.7. The highest BCUT2D eigenvalue weighted by Crippen LogP contribution is 2.25. The number of hydrogen-bond donors (Lipinski definition) is 0. The number of nitrogens with zero attached hydrogens (tertiary/aromatic N) is 4. The summed E-state index contributed by atoms with van der Waals surface area (Å²) in [4.78, 5) is 15.0. The van der Waals surface area contributed by atoms with Crippen LogP contribution in [0.4, 0.5) is 0 Å². The van der Waals surface area contributed by atoms with Gasteiger partial charge in [0.2, 0.25) is 15.9 Å². The lowest BCUT2D eigenvalue weighted by atomic mass is 9.87. The number of sulfonamides is 1. The van der Waals surface area contributed by atoms with Crippen molar-refractivity contribution >= 4 is 15.9 Å². The first kappa shape index (κ1) is 26.4. The summed E-state index contributed by atoms with van der Waals surface area (Å²) in [5, 5.41) is 4.64. The monoisotopic (exact) mass is 488 g/mol. The predicted molar refractivity (Wildman–Crippen MR) is 135 cm³/mol. The summed E-state index contributed by atoms with van der Waals surface area (Å²) in [6.07, 6.45) is 1.07. The van der Waals surface area contributed by atoms with Gasteiger partial charge in [-0.3, -0.25) is 9.48 Å². The average molecular weight is 489 g/mol. The minimum Gasteiger partial charge on any atom is -0.340 e. The van der Waals surface area contributed by atoms with E-state index in [9.17, 15) is 13.2 Å². The molecule has 2 aromatic rings. The maximum Gasteiger partial charge on any atom is 0.243 e. The Balaban J connectivity index is 1.57. The first-order chi connectivity index (χ1) is 15.8. The third-order valence-electron chi connectivity index (χ3n) is 6.61. The van der Waals surface area contributed by atoms with E-state index in [2.05, 4.69) is 46.6 Å². The molecule has 1 aliphatic rings. The molecule has 8 heteroatoms. The Labute approximate surface area is 205 Å². The zero-order chi connectivity index (χ0) is 25.3. The van der Waals surface area contributed by atoms with Gasteiger partial charge < -0.3 is 4.90 Å². The highest BCUT2D eigenvalue weighted by Gasteiger charge is 2.30. The van der Waals surface area contributed by atoms with Gasteiger partial charge in [-0.15, -0.1) is 0 Å². The lowest BCUT2D eigenvalue weighted by Gasteiger charge is -2.34. The largest absolute Gasteiger partial charge is 0.340 e. The van der Waals surface area contributed by atoms with Crippen molar-refractivity contribution in [2.45, 2.75) is 78.2 Å². The molecule has 0 radical (unpaired) electrons. The number of benzene rings is 1. The Kier molecular flexibility index (Phi) is 7.92. The number of aryl methyl sites for hydroxylation is 1. The van der Waals surface area contributed by atoms with Crippen molar-refractivity contribution < 1.29 is 13.2 Å². The van der Waals surface area contributed by atoms with Crippen molar-refractivity contribution in [1.82, 2.24) is 19.0 Å². The normalized spacial score (nSPS) is 15.8. The van der Waals surface area contributed by atoms with E-state index in [0.29, 0.717) is 49.8 Å². The summed E-state index contributed by atoms with van der Waals surface area (Å²) in [7, 11) is -3.56. The number of piperazine rings is 1. The molecule has 0 atom stereocenters. The van der Waals surface area contributed by atoms with Gasteiger partial charge in [-0.25, -0.2) is 8.42 Å². The number of aromatic nitrogens is 2. The Bertz CT molecular complexity index is 1100. The molecule has 1 aliphatic heterocycles. The molecular formula is C26H40N4O3S. The minimum atomic E-state index is -3.56. The summed E-state index contributed by atoms with van der Waals surface area (Å²) >= 11 is 0. The molecule has 0 aliphatic carbocycles. The highest BCUT2D eigenvalue weighted by molar-refractivity contribution is 7.89. The molecular weight excluding hydrogens is 448 g/mol. The molecule has 1 amide bonds. The van der Waals surface area contributed by atoms with E-state index in [1.54, 1.807) is 17.0 Å². The van der Waals surface area contributed by atoms with E-state index in [1.807, 2.05) is 23.7 Å². The van der Waals surface area contributed by atoms with Crippen LogP contribution in [0.1, 0.15) is 63.6 Å². The Hall–Kier alpha value is -2.19. The van der Waals surface area contributed by atoms with Crippen LogP contribution in [0.3, 0.4) is 0 Å². The van der Waals surface area contributed by atoms with Gasteiger partial charge in [0.05, 0.1) is 10.6 Å². The van der Waals surface area contributed by atoms with Gasteiger partial charge in [0.1, 0.15) is 0 Å². The SMILES string of the molecule is Cc1nn(CC(C)C)c(C)c1CCC(=O)N1CCN(S(=O)(=O)c2ccc(C(C)(C)C)cc2)CC1. The van der Waals surface area contributed by atoms with Gasteiger partial charge in [-0.1, -0.05) is 46.8 Å². The summed E-state index contributed by atoms with van der Waals surface area (Å²) in [6.45, 7) is 17.1. The van der Waals surface area contributed by atoms with Crippen LogP contribution in [0, 0.1) is 19.8 Å². The van der Waals surface area contributed by atoms with Crippen LogP contribution in [0.15, 0.2) is 29.2 Å². The third-order valence-corrected chi connectivity index (χ3v) is 8.52. The van der Waals surface area contributed by atoms with Crippen LogP contribution < -0.4 is 0 Å². The molecule has 0 unspecified atom stereocenters. The van der Waals surface area contributed by atoms with Crippen molar-refractivity contribution in [3.8, 4) is 0 Å². The summed E-state index contributed by atoms with van der Waals surface area (Å²) in [5.41, 5.74) is 4.33. The molecule has 2 heterocycles. The number of rotatable bonds is 7. The van der Waals surface area contributed by atoms with Gasteiger partial charge in [-0.2, -0.15) is 9.40 Å². The Morgan fingerprint density at radius 2 is 1.62 bits per heavy atom. The second-order valence-corrected chi connectivity index (χ2v) is 12.7. The van der Waals surface area contributed by atoms with Gasteiger partial charge in [-0.05, 0) is 54.9 Å². The number of amides is 1.